The lowest BCUT2D eigenvalue weighted by Gasteiger charge is -2.06. The monoisotopic (exact) mass is 234 g/mol. The first-order chi connectivity index (χ1) is 8.17. The average molecular weight is 234 g/mol. The third-order valence-corrected chi connectivity index (χ3v) is 2.17. The van der Waals surface area contributed by atoms with E-state index in [0.717, 1.165) is 0 Å². The number of rotatable bonds is 5. The molecule has 0 amide bonds. The van der Waals surface area contributed by atoms with Crippen molar-refractivity contribution in [1.29, 1.82) is 5.26 Å². The Kier molecular flexibility index (Phi) is 4.82. The summed E-state index contributed by atoms with van der Waals surface area (Å²) in [5.41, 5.74) is 6.38. The van der Waals surface area contributed by atoms with E-state index in [1.54, 1.807) is 18.2 Å². The molecule has 0 radical (unpaired) electrons. The van der Waals surface area contributed by atoms with Gasteiger partial charge >= 0.3 is 5.97 Å². The van der Waals surface area contributed by atoms with Crippen LogP contribution in [0.1, 0.15) is 18.4 Å². The number of ether oxygens (including phenoxy) is 2. The van der Waals surface area contributed by atoms with Gasteiger partial charge in [-0.25, -0.2) is 0 Å². The Morgan fingerprint density at radius 3 is 2.94 bits per heavy atom. The van der Waals surface area contributed by atoms with E-state index in [9.17, 15) is 4.79 Å². The molecule has 0 aromatic heterocycles. The highest BCUT2D eigenvalue weighted by atomic mass is 16.5. The van der Waals surface area contributed by atoms with Crippen molar-refractivity contribution in [3.8, 4) is 11.8 Å². The fourth-order valence-electron chi connectivity index (χ4n) is 1.23. The Morgan fingerprint density at radius 1 is 1.53 bits per heavy atom. The number of carbonyl (C=O) groups is 1. The number of nitrogens with two attached hydrogens (primary N) is 1. The van der Waals surface area contributed by atoms with Crippen LogP contribution in [0, 0.1) is 11.3 Å². The molecule has 0 aliphatic rings. The molecule has 1 aromatic rings. The molecule has 0 aliphatic carbocycles. The third-order valence-electron chi connectivity index (χ3n) is 2.17. The van der Waals surface area contributed by atoms with Gasteiger partial charge in [-0.1, -0.05) is 0 Å². The lowest BCUT2D eigenvalue weighted by Crippen LogP contribution is -2.04. The van der Waals surface area contributed by atoms with Crippen molar-refractivity contribution in [3.05, 3.63) is 23.8 Å². The number of methoxy groups -OCH3 is 1. The quantitative estimate of drug-likeness (QED) is 0.473. The van der Waals surface area contributed by atoms with Crippen molar-refractivity contribution >= 4 is 11.7 Å². The minimum absolute atomic E-state index is 0.261. The molecule has 0 atom stereocenters. The summed E-state index contributed by atoms with van der Waals surface area (Å²) in [4.78, 5) is 10.8. The molecule has 17 heavy (non-hydrogen) atoms. The van der Waals surface area contributed by atoms with E-state index in [1.165, 1.54) is 7.11 Å². The number of hydrogen-bond donors (Lipinski definition) is 1. The summed E-state index contributed by atoms with van der Waals surface area (Å²) in [5, 5.41) is 8.77. The zero-order chi connectivity index (χ0) is 12.7. The predicted octanol–water partition coefficient (Wildman–Crippen LogP) is 1.47. The van der Waals surface area contributed by atoms with Gasteiger partial charge in [0.2, 0.25) is 0 Å². The number of esters is 1. The minimum Gasteiger partial charge on any atom is -0.494 e. The maximum atomic E-state index is 10.8. The molecule has 0 saturated carbocycles. The third kappa shape index (κ3) is 4.03. The van der Waals surface area contributed by atoms with Gasteiger partial charge in [-0.3, -0.25) is 4.79 Å². The first-order valence-corrected chi connectivity index (χ1v) is 5.16. The van der Waals surface area contributed by atoms with Crippen LogP contribution in [0.15, 0.2) is 18.2 Å². The molecule has 0 unspecified atom stereocenters. The van der Waals surface area contributed by atoms with Gasteiger partial charge in [0, 0.05) is 12.1 Å². The Balaban J connectivity index is 2.42. The highest BCUT2D eigenvalue weighted by Crippen LogP contribution is 2.18. The van der Waals surface area contributed by atoms with Crippen LogP contribution in [-0.4, -0.2) is 19.7 Å². The van der Waals surface area contributed by atoms with E-state index in [0.29, 0.717) is 36.4 Å². The van der Waals surface area contributed by atoms with E-state index in [1.807, 2.05) is 6.07 Å². The summed E-state index contributed by atoms with van der Waals surface area (Å²) >= 11 is 0. The van der Waals surface area contributed by atoms with Crippen LogP contribution in [0.5, 0.6) is 5.75 Å². The van der Waals surface area contributed by atoms with E-state index in [-0.39, 0.29) is 5.97 Å². The molecule has 0 bridgehead atoms. The highest BCUT2D eigenvalue weighted by Gasteiger charge is 2.02. The number of nitrogens with zero attached hydrogens (tertiary/aromatic N) is 1. The van der Waals surface area contributed by atoms with Crippen molar-refractivity contribution in [2.24, 2.45) is 0 Å². The summed E-state index contributed by atoms with van der Waals surface area (Å²) in [6.45, 7) is 0.393. The van der Waals surface area contributed by atoms with Crippen LogP contribution in [0.25, 0.3) is 0 Å². The van der Waals surface area contributed by atoms with E-state index in [4.69, 9.17) is 15.7 Å². The fraction of sp³-hybridized carbons (Fsp3) is 0.333. The second-order valence-electron chi connectivity index (χ2n) is 3.39. The van der Waals surface area contributed by atoms with Gasteiger partial charge in [-0.05, 0) is 24.6 Å². The summed E-state index contributed by atoms with van der Waals surface area (Å²) in [7, 11) is 1.35. The molecule has 0 spiro atoms. The van der Waals surface area contributed by atoms with Gasteiger partial charge in [0.1, 0.15) is 11.8 Å². The van der Waals surface area contributed by atoms with Crippen molar-refractivity contribution in [3.63, 3.8) is 0 Å². The normalized spacial score (nSPS) is 9.41. The zero-order valence-electron chi connectivity index (χ0n) is 9.60. The molecule has 0 saturated heterocycles. The molecular weight excluding hydrogens is 220 g/mol. The second-order valence-corrected chi connectivity index (χ2v) is 3.39. The number of hydrogen-bond acceptors (Lipinski definition) is 5. The van der Waals surface area contributed by atoms with Gasteiger partial charge in [0.25, 0.3) is 0 Å². The zero-order valence-corrected chi connectivity index (χ0v) is 9.60. The summed E-state index contributed by atoms with van der Waals surface area (Å²) in [5.74, 6) is 0.309. The molecular formula is C12H14N2O3. The maximum Gasteiger partial charge on any atom is 0.305 e. The highest BCUT2D eigenvalue weighted by molar-refractivity contribution is 5.69. The van der Waals surface area contributed by atoms with Gasteiger partial charge in [0.05, 0.1) is 19.3 Å². The minimum atomic E-state index is -0.261. The van der Waals surface area contributed by atoms with Crippen molar-refractivity contribution < 1.29 is 14.3 Å². The van der Waals surface area contributed by atoms with Crippen LogP contribution >= 0.6 is 0 Å². The Morgan fingerprint density at radius 2 is 2.29 bits per heavy atom. The lowest BCUT2D eigenvalue weighted by atomic mass is 10.2. The van der Waals surface area contributed by atoms with Crippen molar-refractivity contribution in [2.75, 3.05) is 19.5 Å². The van der Waals surface area contributed by atoms with E-state index < -0.39 is 0 Å². The first-order valence-electron chi connectivity index (χ1n) is 5.16. The second kappa shape index (κ2) is 6.38. The van der Waals surface area contributed by atoms with Crippen LogP contribution < -0.4 is 10.5 Å². The Bertz CT molecular complexity index is 438. The molecule has 0 heterocycles. The van der Waals surface area contributed by atoms with Gasteiger partial charge in [-0.2, -0.15) is 5.26 Å². The largest absolute Gasteiger partial charge is 0.494 e. The number of nitriles is 1. The Hall–Kier alpha value is -2.22. The number of nitrogen functional groups attached to an aromatic ring is 1. The molecule has 5 nitrogen and oxygen atoms in total. The predicted molar refractivity (Wildman–Crippen MR) is 62.3 cm³/mol. The molecule has 0 fully saturated rings. The van der Waals surface area contributed by atoms with Crippen LogP contribution in [0.3, 0.4) is 0 Å². The van der Waals surface area contributed by atoms with Crippen LogP contribution in [0.2, 0.25) is 0 Å². The number of anilines is 1. The van der Waals surface area contributed by atoms with Crippen LogP contribution in [-0.2, 0) is 9.53 Å². The number of benzene rings is 1. The summed E-state index contributed by atoms with van der Waals surface area (Å²) in [6, 6.07) is 6.86. The Labute approximate surface area is 99.7 Å². The SMILES string of the molecule is COC(=O)CCCOc1ccc(N)c(C#N)c1. The van der Waals surface area contributed by atoms with Crippen LogP contribution in [0.4, 0.5) is 5.69 Å². The van der Waals surface area contributed by atoms with Gasteiger partial charge in [-0.15, -0.1) is 0 Å². The topological polar surface area (TPSA) is 85.3 Å². The molecule has 5 heteroatoms. The fourth-order valence-corrected chi connectivity index (χ4v) is 1.23. The van der Waals surface area contributed by atoms with Gasteiger partial charge < -0.3 is 15.2 Å². The first kappa shape index (κ1) is 12.8. The molecule has 90 valence electrons. The van der Waals surface area contributed by atoms with Gasteiger partial charge in [0.15, 0.2) is 0 Å². The van der Waals surface area contributed by atoms with E-state index in [2.05, 4.69) is 4.74 Å². The lowest BCUT2D eigenvalue weighted by molar-refractivity contribution is -0.140. The van der Waals surface area contributed by atoms with Crippen molar-refractivity contribution in [1.82, 2.24) is 0 Å². The standard InChI is InChI=1S/C12H14N2O3/c1-16-12(15)3-2-6-17-10-4-5-11(14)9(7-10)8-13/h4-5,7H,2-3,6,14H2,1H3. The molecule has 1 rings (SSSR count). The summed E-state index contributed by atoms with van der Waals surface area (Å²) in [6.07, 6.45) is 0.884. The van der Waals surface area contributed by atoms with E-state index >= 15 is 0 Å². The van der Waals surface area contributed by atoms with Crippen molar-refractivity contribution in [2.45, 2.75) is 12.8 Å². The average Bonchev–Trinajstić information content (AvgIpc) is 2.36. The number of carbonyl (C=O) groups excluding carboxylic acids is 1. The summed E-state index contributed by atoms with van der Waals surface area (Å²) < 4.78 is 9.88. The molecule has 2 N–H and O–H groups in total. The smallest absolute Gasteiger partial charge is 0.305 e. The maximum absolute atomic E-state index is 10.8. The molecule has 0 aliphatic heterocycles. The molecule has 1 aromatic carbocycles.